The molecule has 27 heavy (non-hydrogen) atoms. The molecule has 0 radical (unpaired) electrons. The van der Waals surface area contributed by atoms with Gasteiger partial charge in [-0.1, -0.05) is 18.2 Å². The first kappa shape index (κ1) is 16.1. The molecule has 1 aromatic rings. The van der Waals surface area contributed by atoms with Crippen LogP contribution in [-0.4, -0.2) is 54.2 Å². The number of rotatable bonds is 2. The molecule has 6 atom stereocenters. The molecule has 5 nitrogen and oxygen atoms in total. The monoisotopic (exact) mass is 367 g/mol. The number of phenols is 1. The van der Waals surface area contributed by atoms with E-state index in [4.69, 9.17) is 9.47 Å². The van der Waals surface area contributed by atoms with E-state index in [0.717, 1.165) is 25.8 Å². The Morgan fingerprint density at radius 1 is 1.37 bits per heavy atom. The lowest BCUT2D eigenvalue weighted by Gasteiger charge is -2.70. The number of carbonyl (C=O) groups excluding carboxylic acids is 1. The maximum Gasteiger partial charge on any atom is 0.165 e. The smallest absolute Gasteiger partial charge is 0.165 e. The molecule has 142 valence electrons. The van der Waals surface area contributed by atoms with Crippen molar-refractivity contribution in [3.63, 3.8) is 0 Å². The number of nitrogens with zero attached hydrogens (tertiary/aromatic N) is 1. The number of likely N-dealkylation sites (tertiary alicyclic amines) is 1. The highest BCUT2D eigenvalue weighted by Gasteiger charge is 2.79. The fourth-order valence-corrected chi connectivity index (χ4v) is 7.52. The Kier molecular flexibility index (Phi) is 2.74. The van der Waals surface area contributed by atoms with Crippen LogP contribution in [-0.2, 0) is 21.4 Å². The van der Waals surface area contributed by atoms with Crippen LogP contribution in [0.15, 0.2) is 24.3 Å². The average Bonchev–Trinajstić information content (AvgIpc) is 3.03. The number of Topliss-reactive ketones (excluding diaryl/α,β-unsaturated/α-hetero) is 1. The third kappa shape index (κ3) is 1.43. The molecule has 2 spiro atoms. The van der Waals surface area contributed by atoms with Crippen molar-refractivity contribution in [3.05, 3.63) is 35.4 Å². The number of benzene rings is 1. The van der Waals surface area contributed by atoms with Crippen molar-refractivity contribution in [2.75, 3.05) is 20.7 Å². The van der Waals surface area contributed by atoms with E-state index in [1.54, 1.807) is 20.1 Å². The second kappa shape index (κ2) is 4.58. The number of phenolic OH excluding ortho intramolecular Hbond substituents is 1. The van der Waals surface area contributed by atoms with Crippen LogP contribution in [0.1, 0.15) is 30.9 Å². The molecule has 1 N–H and O–H groups in total. The summed E-state index contributed by atoms with van der Waals surface area (Å²) in [6.07, 6.45) is 6.85. The Bertz CT molecular complexity index is 925. The van der Waals surface area contributed by atoms with Gasteiger partial charge in [0.1, 0.15) is 17.5 Å². The molecule has 1 saturated heterocycles. The zero-order valence-electron chi connectivity index (χ0n) is 16.0. The number of hydrogen-bond acceptors (Lipinski definition) is 5. The van der Waals surface area contributed by atoms with E-state index in [2.05, 4.69) is 30.2 Å². The normalized spacial score (nSPS) is 45.5. The number of carbonyl (C=O) groups is 1. The van der Waals surface area contributed by atoms with E-state index in [0.29, 0.717) is 11.8 Å². The van der Waals surface area contributed by atoms with Crippen LogP contribution in [0.2, 0.25) is 0 Å². The van der Waals surface area contributed by atoms with Crippen LogP contribution >= 0.6 is 0 Å². The van der Waals surface area contributed by atoms with E-state index in [-0.39, 0.29) is 34.4 Å². The highest BCUT2D eigenvalue weighted by atomic mass is 16.6. The first-order chi connectivity index (χ1) is 12.9. The number of methoxy groups -OCH3 is 1. The SMILES string of the molecule is COC12C=CC3(C[C@@H]1C(C)=O)[C@H]1Cc4ccc(O)c5c4[C@@]3(CCN1C)[C@H]2O5. The summed E-state index contributed by atoms with van der Waals surface area (Å²) < 4.78 is 12.7. The van der Waals surface area contributed by atoms with E-state index >= 15 is 0 Å². The number of likely N-dealkylation sites (N-methyl/N-ethyl adjacent to an activating group) is 1. The van der Waals surface area contributed by atoms with Crippen molar-refractivity contribution in [2.24, 2.45) is 11.3 Å². The van der Waals surface area contributed by atoms with E-state index in [9.17, 15) is 9.90 Å². The molecule has 2 unspecified atom stereocenters. The third-order valence-electron chi connectivity index (χ3n) is 8.56. The second-order valence-electron chi connectivity index (χ2n) is 9.17. The van der Waals surface area contributed by atoms with Crippen molar-refractivity contribution < 1.29 is 19.4 Å². The summed E-state index contributed by atoms with van der Waals surface area (Å²) in [6, 6.07) is 4.15. The molecular formula is C22H25NO4. The zero-order chi connectivity index (χ0) is 18.8. The largest absolute Gasteiger partial charge is 0.504 e. The highest BCUT2D eigenvalue weighted by molar-refractivity contribution is 5.82. The van der Waals surface area contributed by atoms with Crippen LogP contribution in [0.25, 0.3) is 0 Å². The fraction of sp³-hybridized carbons (Fsp3) is 0.591. The van der Waals surface area contributed by atoms with Gasteiger partial charge in [-0.05, 0) is 51.4 Å². The number of piperidine rings is 1. The summed E-state index contributed by atoms with van der Waals surface area (Å²) >= 11 is 0. The van der Waals surface area contributed by atoms with Crippen molar-refractivity contribution in [1.29, 1.82) is 0 Å². The Morgan fingerprint density at radius 2 is 2.19 bits per heavy atom. The summed E-state index contributed by atoms with van der Waals surface area (Å²) in [5.74, 6) is 0.762. The molecule has 2 heterocycles. The lowest BCUT2D eigenvalue weighted by atomic mass is 9.37. The minimum absolute atomic E-state index is 0.158. The maximum absolute atomic E-state index is 12.7. The van der Waals surface area contributed by atoms with Gasteiger partial charge in [0, 0.05) is 24.1 Å². The van der Waals surface area contributed by atoms with Gasteiger partial charge < -0.3 is 19.5 Å². The Hall–Kier alpha value is -1.85. The average molecular weight is 367 g/mol. The first-order valence-corrected chi connectivity index (χ1v) is 9.89. The summed E-state index contributed by atoms with van der Waals surface area (Å²) in [6.45, 7) is 2.66. The second-order valence-corrected chi connectivity index (χ2v) is 9.17. The fourth-order valence-electron chi connectivity index (χ4n) is 7.52. The minimum atomic E-state index is -0.770. The summed E-state index contributed by atoms with van der Waals surface area (Å²) in [5.41, 5.74) is 1.30. The lowest BCUT2D eigenvalue weighted by molar-refractivity contribution is -0.212. The summed E-state index contributed by atoms with van der Waals surface area (Å²) in [4.78, 5) is 15.2. The first-order valence-electron chi connectivity index (χ1n) is 9.89. The molecule has 5 heteroatoms. The van der Waals surface area contributed by atoms with Crippen LogP contribution in [0.3, 0.4) is 0 Å². The van der Waals surface area contributed by atoms with Crippen LogP contribution in [0.5, 0.6) is 11.5 Å². The Labute approximate surface area is 158 Å². The molecule has 7 rings (SSSR count). The van der Waals surface area contributed by atoms with Crippen LogP contribution in [0.4, 0.5) is 0 Å². The summed E-state index contributed by atoms with van der Waals surface area (Å²) in [5, 5.41) is 10.6. The number of hydrogen-bond donors (Lipinski definition) is 1. The zero-order valence-corrected chi connectivity index (χ0v) is 16.0. The minimum Gasteiger partial charge on any atom is -0.504 e. The predicted octanol–water partition coefficient (Wildman–Crippen LogP) is 2.20. The van der Waals surface area contributed by atoms with E-state index in [1.165, 1.54) is 11.1 Å². The van der Waals surface area contributed by atoms with Crippen molar-refractivity contribution in [2.45, 2.75) is 49.3 Å². The highest BCUT2D eigenvalue weighted by Crippen LogP contribution is 2.74. The topological polar surface area (TPSA) is 59.0 Å². The van der Waals surface area contributed by atoms with Crippen molar-refractivity contribution >= 4 is 5.78 Å². The molecule has 1 aromatic carbocycles. The molecule has 4 aliphatic carbocycles. The van der Waals surface area contributed by atoms with E-state index in [1.807, 2.05) is 0 Å². The Balaban J connectivity index is 1.73. The van der Waals surface area contributed by atoms with Gasteiger partial charge in [0.2, 0.25) is 0 Å². The van der Waals surface area contributed by atoms with Crippen LogP contribution in [0, 0.1) is 11.3 Å². The van der Waals surface area contributed by atoms with Crippen molar-refractivity contribution in [1.82, 2.24) is 4.90 Å². The molecule has 6 aliphatic rings. The third-order valence-corrected chi connectivity index (χ3v) is 8.56. The van der Waals surface area contributed by atoms with E-state index < -0.39 is 5.60 Å². The van der Waals surface area contributed by atoms with Crippen molar-refractivity contribution in [3.8, 4) is 11.5 Å². The summed E-state index contributed by atoms with van der Waals surface area (Å²) in [7, 11) is 3.89. The standard InChI is InChI=1S/C22H25NO4/c1-12(24)14-11-20-6-7-22(14,26-3)19-21(20)8-9-23(2)16(20)10-13-4-5-15(25)18(27-19)17(13)21/h4-7,14,16,19,25H,8-11H2,1-3H3/t14-,16-,19-,20?,21+,22?/m1/s1. The Morgan fingerprint density at radius 3 is 2.93 bits per heavy atom. The quantitative estimate of drug-likeness (QED) is 0.812. The van der Waals surface area contributed by atoms with Gasteiger partial charge in [0.15, 0.2) is 11.5 Å². The molecule has 1 saturated carbocycles. The lowest BCUT2D eigenvalue weighted by Crippen LogP contribution is -2.79. The van der Waals surface area contributed by atoms with Gasteiger partial charge in [-0.25, -0.2) is 0 Å². The van der Waals surface area contributed by atoms with Crippen LogP contribution < -0.4 is 4.74 Å². The maximum atomic E-state index is 12.7. The molecular weight excluding hydrogens is 342 g/mol. The van der Waals surface area contributed by atoms with Gasteiger partial charge in [-0.2, -0.15) is 0 Å². The molecule has 0 amide bonds. The number of ether oxygens (including phenoxy) is 2. The van der Waals surface area contributed by atoms with Gasteiger partial charge >= 0.3 is 0 Å². The molecule has 2 fully saturated rings. The molecule has 0 aromatic heterocycles. The molecule has 4 bridgehead atoms. The number of fused-ring (bicyclic) bond motifs is 1. The number of ketones is 1. The van der Waals surface area contributed by atoms with Gasteiger partial charge in [-0.3, -0.25) is 4.79 Å². The number of aromatic hydroxyl groups is 1. The van der Waals surface area contributed by atoms with Gasteiger partial charge in [-0.15, -0.1) is 0 Å². The molecule has 2 aliphatic heterocycles. The van der Waals surface area contributed by atoms with Gasteiger partial charge in [0.05, 0.1) is 11.3 Å². The predicted molar refractivity (Wildman–Crippen MR) is 99.0 cm³/mol. The van der Waals surface area contributed by atoms with Gasteiger partial charge in [0.25, 0.3) is 0 Å².